The quantitative estimate of drug-likeness (QED) is 0.863. The standard InChI is InChI=1S/C17H13N3O2/c18-17(22)20-15(13-9-5-2-6-10-13)19-14(16(20)21)11-12-7-3-1-4-8-12/h1-11H,(H2,18,22)/b14-11-. The minimum Gasteiger partial charge on any atom is -0.351 e. The van der Waals surface area contributed by atoms with Gasteiger partial charge in [0, 0.05) is 5.56 Å². The van der Waals surface area contributed by atoms with Crippen LogP contribution in [0.3, 0.4) is 0 Å². The topological polar surface area (TPSA) is 75.8 Å². The Morgan fingerprint density at radius 2 is 1.59 bits per heavy atom. The lowest BCUT2D eigenvalue weighted by Gasteiger charge is -2.12. The smallest absolute Gasteiger partial charge is 0.327 e. The minimum atomic E-state index is -0.843. The molecule has 1 heterocycles. The Hall–Kier alpha value is -3.21. The molecule has 1 aliphatic heterocycles. The van der Waals surface area contributed by atoms with Crippen LogP contribution in [0.2, 0.25) is 0 Å². The number of urea groups is 1. The first-order valence-corrected chi connectivity index (χ1v) is 6.71. The lowest BCUT2D eigenvalue weighted by Crippen LogP contribution is -2.42. The molecule has 108 valence electrons. The van der Waals surface area contributed by atoms with E-state index in [1.807, 2.05) is 36.4 Å². The number of aliphatic imine (C=N–C) groups is 1. The number of rotatable bonds is 2. The average Bonchev–Trinajstić information content (AvgIpc) is 2.86. The molecule has 0 bridgehead atoms. The molecule has 0 saturated heterocycles. The molecule has 5 heteroatoms. The molecular weight excluding hydrogens is 278 g/mol. The van der Waals surface area contributed by atoms with Gasteiger partial charge in [-0.1, -0.05) is 60.7 Å². The van der Waals surface area contributed by atoms with Gasteiger partial charge in [0.1, 0.15) is 5.70 Å². The maximum Gasteiger partial charge on any atom is 0.327 e. The number of carbonyl (C=O) groups excluding carboxylic acids is 2. The van der Waals surface area contributed by atoms with E-state index in [2.05, 4.69) is 4.99 Å². The van der Waals surface area contributed by atoms with E-state index in [1.165, 1.54) is 0 Å². The van der Waals surface area contributed by atoms with Gasteiger partial charge in [0.2, 0.25) is 0 Å². The van der Waals surface area contributed by atoms with Gasteiger partial charge in [0.05, 0.1) is 0 Å². The first kappa shape index (κ1) is 13.8. The van der Waals surface area contributed by atoms with Gasteiger partial charge in [0.15, 0.2) is 5.84 Å². The van der Waals surface area contributed by atoms with Crippen LogP contribution in [0.25, 0.3) is 6.08 Å². The maximum absolute atomic E-state index is 12.4. The molecule has 0 aromatic heterocycles. The Bertz CT molecular complexity index is 780. The van der Waals surface area contributed by atoms with Crippen molar-refractivity contribution >= 4 is 23.8 Å². The maximum atomic E-state index is 12.4. The van der Waals surface area contributed by atoms with Crippen molar-refractivity contribution in [3.05, 3.63) is 77.5 Å². The fourth-order valence-corrected chi connectivity index (χ4v) is 2.21. The number of primary amides is 1. The highest BCUT2D eigenvalue weighted by atomic mass is 16.2. The molecule has 2 N–H and O–H groups in total. The van der Waals surface area contributed by atoms with Gasteiger partial charge in [-0.3, -0.25) is 4.79 Å². The summed E-state index contributed by atoms with van der Waals surface area (Å²) in [4.78, 5) is 29.2. The lowest BCUT2D eigenvalue weighted by atomic mass is 10.2. The lowest BCUT2D eigenvalue weighted by molar-refractivity contribution is -0.120. The van der Waals surface area contributed by atoms with Crippen LogP contribution in [0, 0.1) is 0 Å². The van der Waals surface area contributed by atoms with Crippen LogP contribution in [0.4, 0.5) is 4.79 Å². The van der Waals surface area contributed by atoms with Gasteiger partial charge in [0.25, 0.3) is 5.91 Å². The molecule has 3 rings (SSSR count). The van der Waals surface area contributed by atoms with E-state index in [0.29, 0.717) is 5.56 Å². The molecule has 22 heavy (non-hydrogen) atoms. The molecule has 0 spiro atoms. The highest BCUT2D eigenvalue weighted by molar-refractivity contribution is 6.27. The number of nitrogens with zero attached hydrogens (tertiary/aromatic N) is 2. The Labute approximate surface area is 127 Å². The van der Waals surface area contributed by atoms with Crippen LogP contribution in [0.5, 0.6) is 0 Å². The van der Waals surface area contributed by atoms with Crippen LogP contribution >= 0.6 is 0 Å². The molecule has 0 saturated carbocycles. The molecule has 2 aromatic rings. The number of amidine groups is 1. The van der Waals surface area contributed by atoms with Crippen LogP contribution in [0.1, 0.15) is 11.1 Å². The second-order valence-corrected chi connectivity index (χ2v) is 4.72. The summed E-state index contributed by atoms with van der Waals surface area (Å²) in [7, 11) is 0. The third kappa shape index (κ3) is 2.52. The number of amides is 3. The van der Waals surface area contributed by atoms with Crippen LogP contribution < -0.4 is 5.73 Å². The fourth-order valence-electron chi connectivity index (χ4n) is 2.21. The highest BCUT2D eigenvalue weighted by Crippen LogP contribution is 2.21. The van der Waals surface area contributed by atoms with Gasteiger partial charge in [-0.2, -0.15) is 0 Å². The van der Waals surface area contributed by atoms with Crippen molar-refractivity contribution in [2.75, 3.05) is 0 Å². The number of benzene rings is 2. The van der Waals surface area contributed by atoms with E-state index in [9.17, 15) is 9.59 Å². The van der Waals surface area contributed by atoms with Gasteiger partial charge < -0.3 is 5.73 Å². The number of imide groups is 1. The molecule has 1 aliphatic rings. The van der Waals surface area contributed by atoms with Crippen LogP contribution in [-0.2, 0) is 4.79 Å². The number of carbonyl (C=O) groups is 2. The summed E-state index contributed by atoms with van der Waals surface area (Å²) in [5, 5.41) is 0. The average molecular weight is 291 g/mol. The van der Waals surface area contributed by atoms with Crippen molar-refractivity contribution in [3.8, 4) is 0 Å². The number of hydrogen-bond donors (Lipinski definition) is 1. The van der Waals surface area contributed by atoms with Crippen molar-refractivity contribution in [2.24, 2.45) is 10.7 Å². The van der Waals surface area contributed by atoms with Crippen molar-refractivity contribution < 1.29 is 9.59 Å². The Kier molecular flexibility index (Phi) is 3.53. The molecule has 0 atom stereocenters. The normalized spacial score (nSPS) is 16.0. The van der Waals surface area contributed by atoms with Gasteiger partial charge in [-0.05, 0) is 11.6 Å². The molecule has 0 unspecified atom stereocenters. The van der Waals surface area contributed by atoms with Crippen molar-refractivity contribution in [1.29, 1.82) is 0 Å². The van der Waals surface area contributed by atoms with Crippen LogP contribution in [-0.4, -0.2) is 22.7 Å². The second-order valence-electron chi connectivity index (χ2n) is 4.72. The summed E-state index contributed by atoms with van der Waals surface area (Å²) >= 11 is 0. The first-order chi connectivity index (χ1) is 10.7. The zero-order chi connectivity index (χ0) is 15.5. The summed E-state index contributed by atoms with van der Waals surface area (Å²) in [6, 6.07) is 17.5. The first-order valence-electron chi connectivity index (χ1n) is 6.71. The summed E-state index contributed by atoms with van der Waals surface area (Å²) in [6.45, 7) is 0. The molecule has 5 nitrogen and oxygen atoms in total. The highest BCUT2D eigenvalue weighted by Gasteiger charge is 2.34. The van der Waals surface area contributed by atoms with E-state index >= 15 is 0 Å². The molecule has 0 aliphatic carbocycles. The summed E-state index contributed by atoms with van der Waals surface area (Å²) in [5.74, 6) is -0.268. The minimum absolute atomic E-state index is 0.184. The molecular formula is C17H13N3O2. The van der Waals surface area contributed by atoms with Crippen molar-refractivity contribution in [1.82, 2.24) is 4.90 Å². The molecule has 2 aromatic carbocycles. The fraction of sp³-hybridized carbons (Fsp3) is 0. The van der Waals surface area contributed by atoms with E-state index in [0.717, 1.165) is 10.5 Å². The Morgan fingerprint density at radius 1 is 1.00 bits per heavy atom. The Balaban J connectivity index is 2.07. The van der Waals surface area contributed by atoms with E-state index in [4.69, 9.17) is 5.73 Å². The van der Waals surface area contributed by atoms with Crippen molar-refractivity contribution in [2.45, 2.75) is 0 Å². The van der Waals surface area contributed by atoms with Gasteiger partial charge in [-0.25, -0.2) is 14.7 Å². The van der Waals surface area contributed by atoms with E-state index in [-0.39, 0.29) is 11.5 Å². The zero-order valence-electron chi connectivity index (χ0n) is 11.6. The molecule has 3 amide bonds. The Morgan fingerprint density at radius 3 is 2.18 bits per heavy atom. The summed E-state index contributed by atoms with van der Waals surface area (Å²) < 4.78 is 0. The van der Waals surface area contributed by atoms with E-state index in [1.54, 1.807) is 30.3 Å². The van der Waals surface area contributed by atoms with E-state index < -0.39 is 11.9 Å². The SMILES string of the molecule is NC(=O)N1C(=O)/C(=C/c2ccccc2)N=C1c1ccccc1. The molecule has 0 fully saturated rings. The predicted octanol–water partition coefficient (Wildman–Crippen LogP) is 2.40. The van der Waals surface area contributed by atoms with Gasteiger partial charge in [-0.15, -0.1) is 0 Å². The monoisotopic (exact) mass is 291 g/mol. The third-order valence-electron chi connectivity index (χ3n) is 3.22. The number of hydrogen-bond acceptors (Lipinski definition) is 3. The summed E-state index contributed by atoms with van der Waals surface area (Å²) in [6.07, 6.45) is 1.63. The number of nitrogens with two attached hydrogens (primary N) is 1. The zero-order valence-corrected chi connectivity index (χ0v) is 11.6. The van der Waals surface area contributed by atoms with Gasteiger partial charge >= 0.3 is 6.03 Å². The predicted molar refractivity (Wildman–Crippen MR) is 83.8 cm³/mol. The largest absolute Gasteiger partial charge is 0.351 e. The second kappa shape index (κ2) is 5.65. The third-order valence-corrected chi connectivity index (χ3v) is 3.22. The molecule has 0 radical (unpaired) electrons. The van der Waals surface area contributed by atoms with Crippen LogP contribution in [0.15, 0.2) is 71.4 Å². The summed E-state index contributed by atoms with van der Waals surface area (Å²) in [5.41, 5.74) is 7.00. The van der Waals surface area contributed by atoms with Crippen molar-refractivity contribution in [3.63, 3.8) is 0 Å².